The predicted molar refractivity (Wildman–Crippen MR) is 159 cm³/mol. The summed E-state index contributed by atoms with van der Waals surface area (Å²) in [5, 5.41) is 3.24. The maximum Gasteiger partial charge on any atom is 0.261 e. The Kier molecular flexibility index (Phi) is 9.86. The molecule has 0 bridgehead atoms. The van der Waals surface area contributed by atoms with Gasteiger partial charge in [0.15, 0.2) is 6.61 Å². The van der Waals surface area contributed by atoms with Gasteiger partial charge in [0, 0.05) is 19.0 Å². The largest absolute Gasteiger partial charge is 0.497 e. The maximum absolute atomic E-state index is 13.9. The fourth-order valence-electron chi connectivity index (χ4n) is 5.17. The highest BCUT2D eigenvalue weighted by Crippen LogP contribution is 2.25. The second kappa shape index (κ2) is 13.5. The number of benzene rings is 3. The van der Waals surface area contributed by atoms with E-state index in [0.717, 1.165) is 36.8 Å². The third kappa shape index (κ3) is 8.10. The van der Waals surface area contributed by atoms with E-state index in [-0.39, 0.29) is 36.4 Å². The summed E-state index contributed by atoms with van der Waals surface area (Å²) in [6.07, 6.45) is 4.59. The van der Waals surface area contributed by atoms with Crippen molar-refractivity contribution in [3.63, 3.8) is 0 Å². The Labute approximate surface area is 238 Å². The Morgan fingerprint density at radius 3 is 2.23 bits per heavy atom. The summed E-state index contributed by atoms with van der Waals surface area (Å²) in [4.78, 5) is 29.3. The van der Waals surface area contributed by atoms with E-state index in [1.54, 1.807) is 12.0 Å². The average Bonchev–Trinajstić information content (AvgIpc) is 3.47. The number of ether oxygens (including phenoxy) is 2. The van der Waals surface area contributed by atoms with E-state index in [2.05, 4.69) is 26.1 Å². The fraction of sp³-hybridized carbons (Fsp3) is 0.412. The van der Waals surface area contributed by atoms with Gasteiger partial charge >= 0.3 is 0 Å². The van der Waals surface area contributed by atoms with Gasteiger partial charge in [0.2, 0.25) is 5.91 Å². The lowest BCUT2D eigenvalue weighted by Gasteiger charge is -2.32. The topological polar surface area (TPSA) is 67.9 Å². The zero-order chi connectivity index (χ0) is 28.5. The fourth-order valence-corrected chi connectivity index (χ4v) is 5.17. The second-order valence-electron chi connectivity index (χ2n) is 11.6. The summed E-state index contributed by atoms with van der Waals surface area (Å²) in [6, 6.07) is 24.8. The monoisotopic (exact) mass is 542 g/mol. The van der Waals surface area contributed by atoms with Crippen LogP contribution < -0.4 is 14.8 Å². The molecule has 40 heavy (non-hydrogen) atoms. The van der Waals surface area contributed by atoms with Crippen LogP contribution in [0.1, 0.15) is 63.1 Å². The minimum absolute atomic E-state index is 0.0270. The molecule has 0 unspecified atom stereocenters. The summed E-state index contributed by atoms with van der Waals surface area (Å²) < 4.78 is 11.4. The van der Waals surface area contributed by atoms with Gasteiger partial charge in [-0.25, -0.2) is 0 Å². The summed E-state index contributed by atoms with van der Waals surface area (Å²) in [5.74, 6) is 0.958. The first-order chi connectivity index (χ1) is 19.2. The Balaban J connectivity index is 1.60. The summed E-state index contributed by atoms with van der Waals surface area (Å²) in [6.45, 7) is 6.57. The molecule has 1 atom stereocenters. The molecule has 1 aliphatic rings. The van der Waals surface area contributed by atoms with Crippen LogP contribution in [0.4, 0.5) is 0 Å². The molecule has 0 radical (unpaired) electrons. The number of amides is 2. The van der Waals surface area contributed by atoms with Gasteiger partial charge in [0.05, 0.1) is 7.11 Å². The van der Waals surface area contributed by atoms with Gasteiger partial charge in [-0.2, -0.15) is 0 Å². The van der Waals surface area contributed by atoms with Gasteiger partial charge in [-0.15, -0.1) is 0 Å². The third-order valence-corrected chi connectivity index (χ3v) is 7.54. The lowest BCUT2D eigenvalue weighted by molar-refractivity contribution is -0.143. The number of rotatable bonds is 11. The molecule has 1 aliphatic carbocycles. The van der Waals surface area contributed by atoms with Crippen molar-refractivity contribution in [3.05, 3.63) is 95.6 Å². The smallest absolute Gasteiger partial charge is 0.261 e. The first-order valence-electron chi connectivity index (χ1n) is 14.2. The molecule has 0 saturated heterocycles. The number of carbonyl (C=O) groups is 2. The number of hydrogen-bond donors (Lipinski definition) is 1. The number of carbonyl (C=O) groups excluding carboxylic acids is 2. The molecular formula is C34H42N2O4. The first-order valence-corrected chi connectivity index (χ1v) is 14.2. The van der Waals surface area contributed by atoms with Gasteiger partial charge in [0.25, 0.3) is 5.91 Å². The van der Waals surface area contributed by atoms with E-state index in [0.29, 0.717) is 17.9 Å². The van der Waals surface area contributed by atoms with Crippen LogP contribution in [0.3, 0.4) is 0 Å². The molecule has 3 aromatic carbocycles. The zero-order valence-corrected chi connectivity index (χ0v) is 24.2. The molecule has 6 heteroatoms. The molecule has 1 N–H and O–H groups in total. The number of hydrogen-bond acceptors (Lipinski definition) is 4. The molecule has 0 spiro atoms. The molecule has 0 heterocycles. The number of nitrogens with zero attached hydrogens (tertiary/aromatic N) is 1. The lowest BCUT2D eigenvalue weighted by Crippen LogP contribution is -2.53. The molecular weight excluding hydrogens is 500 g/mol. The molecule has 0 aliphatic heterocycles. The quantitative estimate of drug-likeness (QED) is 0.319. The van der Waals surface area contributed by atoms with E-state index < -0.39 is 6.04 Å². The molecule has 6 nitrogen and oxygen atoms in total. The van der Waals surface area contributed by atoms with Crippen LogP contribution in [0.15, 0.2) is 78.9 Å². The highest BCUT2D eigenvalue weighted by molar-refractivity contribution is 5.88. The SMILES string of the molecule is COc1cccc(CN(C(=O)COc2ccc(C(C)(C)C)cc2)[C@@H](Cc2ccccc2)C(=O)NC2CCCC2)c1. The third-order valence-electron chi connectivity index (χ3n) is 7.54. The van der Waals surface area contributed by atoms with Gasteiger partial charge in [-0.1, -0.05) is 88.2 Å². The van der Waals surface area contributed by atoms with Crippen LogP contribution in [-0.2, 0) is 28.0 Å². The van der Waals surface area contributed by atoms with E-state index >= 15 is 0 Å². The second-order valence-corrected chi connectivity index (χ2v) is 11.6. The van der Waals surface area contributed by atoms with Gasteiger partial charge in [-0.3, -0.25) is 9.59 Å². The first kappa shape index (κ1) is 29.2. The van der Waals surface area contributed by atoms with E-state index in [1.807, 2.05) is 78.9 Å². The van der Waals surface area contributed by atoms with Crippen molar-refractivity contribution in [1.29, 1.82) is 0 Å². The predicted octanol–water partition coefficient (Wildman–Crippen LogP) is 6.07. The molecule has 4 rings (SSSR count). The van der Waals surface area contributed by atoms with Crippen molar-refractivity contribution in [3.8, 4) is 11.5 Å². The lowest BCUT2D eigenvalue weighted by atomic mass is 9.87. The van der Waals surface area contributed by atoms with Gasteiger partial charge in [0.1, 0.15) is 17.5 Å². The van der Waals surface area contributed by atoms with Crippen molar-refractivity contribution >= 4 is 11.8 Å². The number of methoxy groups -OCH3 is 1. The van der Waals surface area contributed by atoms with E-state index in [9.17, 15) is 9.59 Å². The summed E-state index contributed by atoms with van der Waals surface area (Å²) in [7, 11) is 1.62. The molecule has 0 aromatic heterocycles. The Morgan fingerprint density at radius 1 is 0.900 bits per heavy atom. The van der Waals surface area contributed by atoms with Crippen LogP contribution in [0.2, 0.25) is 0 Å². The Morgan fingerprint density at radius 2 is 1.57 bits per heavy atom. The normalized spacial score (nSPS) is 14.4. The van der Waals surface area contributed by atoms with Crippen LogP contribution in [0, 0.1) is 0 Å². The van der Waals surface area contributed by atoms with Crippen molar-refractivity contribution in [2.75, 3.05) is 13.7 Å². The molecule has 3 aromatic rings. The van der Waals surface area contributed by atoms with Crippen molar-refractivity contribution in [2.45, 2.75) is 76.9 Å². The minimum Gasteiger partial charge on any atom is -0.497 e. The van der Waals surface area contributed by atoms with Gasteiger partial charge in [-0.05, 0) is 59.2 Å². The van der Waals surface area contributed by atoms with Crippen molar-refractivity contribution < 1.29 is 19.1 Å². The average molecular weight is 543 g/mol. The maximum atomic E-state index is 13.9. The minimum atomic E-state index is -0.687. The number of nitrogens with one attached hydrogen (secondary N) is 1. The highest BCUT2D eigenvalue weighted by Gasteiger charge is 2.32. The Bertz CT molecular complexity index is 1240. The van der Waals surface area contributed by atoms with Crippen LogP contribution >= 0.6 is 0 Å². The Hall–Kier alpha value is -3.80. The summed E-state index contributed by atoms with van der Waals surface area (Å²) in [5.41, 5.74) is 3.10. The summed E-state index contributed by atoms with van der Waals surface area (Å²) >= 11 is 0. The molecule has 2 amide bonds. The van der Waals surface area contributed by atoms with Crippen molar-refractivity contribution in [1.82, 2.24) is 10.2 Å². The highest BCUT2D eigenvalue weighted by atomic mass is 16.5. The van der Waals surface area contributed by atoms with Gasteiger partial charge < -0.3 is 19.7 Å². The standard InChI is InChI=1S/C34H42N2O4/c1-34(2,3)27-17-19-29(20-18-27)40-24-32(37)36(23-26-13-10-16-30(21-26)39-4)31(22-25-11-6-5-7-12-25)33(38)35-28-14-8-9-15-28/h5-7,10-13,16-21,28,31H,8-9,14-15,22-24H2,1-4H3,(H,35,38)/t31-/m0/s1. The van der Waals surface area contributed by atoms with E-state index in [1.165, 1.54) is 5.56 Å². The zero-order valence-electron chi connectivity index (χ0n) is 24.2. The molecule has 1 fully saturated rings. The van der Waals surface area contributed by atoms with E-state index in [4.69, 9.17) is 9.47 Å². The molecule has 1 saturated carbocycles. The van der Waals surface area contributed by atoms with Crippen LogP contribution in [-0.4, -0.2) is 42.5 Å². The van der Waals surface area contributed by atoms with Crippen LogP contribution in [0.5, 0.6) is 11.5 Å². The molecule has 212 valence electrons. The van der Waals surface area contributed by atoms with Crippen LogP contribution in [0.25, 0.3) is 0 Å². The van der Waals surface area contributed by atoms with Crippen molar-refractivity contribution in [2.24, 2.45) is 0 Å².